The van der Waals surface area contributed by atoms with Crippen LogP contribution in [-0.2, 0) is 11.4 Å². The van der Waals surface area contributed by atoms with Crippen LogP contribution < -0.4 is 21.3 Å². The van der Waals surface area contributed by atoms with Gasteiger partial charge in [-0.15, -0.1) is 12.4 Å². The topological polar surface area (TPSA) is 106 Å². The molecule has 2 aromatic carbocycles. The maximum Gasteiger partial charge on any atom is 0.222 e. The third-order valence-corrected chi connectivity index (χ3v) is 5.31. The quantitative estimate of drug-likeness (QED) is 0.435. The number of hydrogen-bond donors (Lipinski definition) is 2. The Bertz CT molecular complexity index is 1010. The molecule has 1 aromatic heterocycles. The minimum Gasteiger partial charge on any atom is -0.391 e. The number of anilines is 4. The minimum atomic E-state index is 0. The lowest BCUT2D eigenvalue weighted by Gasteiger charge is -2.38. The number of nitrogens with two attached hydrogens (primary N) is 2. The van der Waals surface area contributed by atoms with Crippen molar-refractivity contribution in [2.75, 3.05) is 47.4 Å². The number of hydrogen-bond acceptors (Lipinski definition) is 8. The minimum absolute atomic E-state index is 0. The van der Waals surface area contributed by atoms with Crippen LogP contribution >= 0.6 is 12.4 Å². The fourth-order valence-electron chi connectivity index (χ4n) is 3.75. The van der Waals surface area contributed by atoms with Crippen LogP contribution in [0.2, 0.25) is 0 Å². The average Bonchev–Trinajstić information content (AvgIpc) is 2.78. The first-order valence-electron chi connectivity index (χ1n) is 10.3. The van der Waals surface area contributed by atoms with Crippen LogP contribution in [0.1, 0.15) is 16.8 Å². The third kappa shape index (κ3) is 5.59. The van der Waals surface area contributed by atoms with Gasteiger partial charge in [0.2, 0.25) is 5.95 Å². The molecule has 1 aliphatic rings. The Morgan fingerprint density at radius 1 is 0.938 bits per heavy atom. The Kier molecular flexibility index (Phi) is 7.72. The first kappa shape index (κ1) is 23.1. The number of nitrogens with zero attached hydrogens (tertiary/aromatic N) is 5. The number of piperazine rings is 1. The molecule has 0 amide bonds. The number of benzene rings is 2. The monoisotopic (exact) mass is 453 g/mol. The molecule has 9 heteroatoms. The van der Waals surface area contributed by atoms with Gasteiger partial charge in [-0.1, -0.05) is 47.6 Å². The zero-order chi connectivity index (χ0) is 21.6. The molecule has 0 unspecified atom stereocenters. The smallest absolute Gasteiger partial charge is 0.222 e. The van der Waals surface area contributed by atoms with Crippen molar-refractivity contribution < 1.29 is 4.84 Å². The van der Waals surface area contributed by atoms with Gasteiger partial charge in [-0.25, -0.2) is 4.98 Å². The number of nitrogen functional groups attached to an aromatic ring is 2. The lowest BCUT2D eigenvalue weighted by Crippen LogP contribution is -2.47. The van der Waals surface area contributed by atoms with Crippen molar-refractivity contribution in [1.82, 2.24) is 9.97 Å². The van der Waals surface area contributed by atoms with Crippen LogP contribution in [0.3, 0.4) is 0 Å². The van der Waals surface area contributed by atoms with Crippen LogP contribution in [0.4, 0.5) is 23.1 Å². The maximum absolute atomic E-state index is 6.09. The van der Waals surface area contributed by atoms with Gasteiger partial charge in [-0.3, -0.25) is 0 Å². The highest BCUT2D eigenvalue weighted by Gasteiger charge is 2.22. The summed E-state index contributed by atoms with van der Waals surface area (Å²) in [5, 5.41) is 4.07. The second-order valence-electron chi connectivity index (χ2n) is 7.46. The Morgan fingerprint density at radius 2 is 1.59 bits per heavy atom. The fourth-order valence-corrected chi connectivity index (χ4v) is 3.75. The van der Waals surface area contributed by atoms with E-state index in [0.717, 1.165) is 48.7 Å². The molecule has 2 heterocycles. The van der Waals surface area contributed by atoms with Crippen LogP contribution in [0.5, 0.6) is 0 Å². The van der Waals surface area contributed by atoms with Crippen LogP contribution in [0, 0.1) is 6.92 Å². The first-order valence-corrected chi connectivity index (χ1v) is 10.3. The lowest BCUT2D eigenvalue weighted by atomic mass is 10.2. The van der Waals surface area contributed by atoms with E-state index in [4.69, 9.17) is 16.3 Å². The van der Waals surface area contributed by atoms with Crippen molar-refractivity contribution >= 4 is 41.8 Å². The van der Waals surface area contributed by atoms with Crippen LogP contribution in [0.15, 0.2) is 59.8 Å². The number of halogens is 1. The summed E-state index contributed by atoms with van der Waals surface area (Å²) >= 11 is 0. The summed E-state index contributed by atoms with van der Waals surface area (Å²) in [4.78, 5) is 18.3. The van der Waals surface area contributed by atoms with Gasteiger partial charge in [0.1, 0.15) is 12.3 Å². The SMILES string of the molecule is Cc1nc(N)nc(N)c1N1CCN(c2ccc(C=NOCc3ccccc3)cc2)CC1.Cl. The van der Waals surface area contributed by atoms with Gasteiger partial charge in [-0.2, -0.15) is 4.98 Å². The lowest BCUT2D eigenvalue weighted by molar-refractivity contribution is 0.132. The normalized spacial score (nSPS) is 13.8. The molecule has 3 aromatic rings. The summed E-state index contributed by atoms with van der Waals surface area (Å²) in [6.07, 6.45) is 1.73. The molecule has 0 aliphatic carbocycles. The largest absolute Gasteiger partial charge is 0.391 e. The predicted octanol–water partition coefficient (Wildman–Crippen LogP) is 3.25. The van der Waals surface area contributed by atoms with E-state index in [1.54, 1.807) is 6.21 Å². The van der Waals surface area contributed by atoms with E-state index in [-0.39, 0.29) is 18.4 Å². The molecule has 168 valence electrons. The summed E-state index contributed by atoms with van der Waals surface area (Å²) in [6.45, 7) is 5.83. The molecular weight excluding hydrogens is 426 g/mol. The molecule has 0 bridgehead atoms. The molecule has 4 N–H and O–H groups in total. The van der Waals surface area contributed by atoms with Gasteiger partial charge in [0.15, 0.2) is 5.82 Å². The van der Waals surface area contributed by atoms with Crippen molar-refractivity contribution in [3.05, 3.63) is 71.4 Å². The predicted molar refractivity (Wildman–Crippen MR) is 133 cm³/mol. The molecule has 32 heavy (non-hydrogen) atoms. The van der Waals surface area contributed by atoms with E-state index < -0.39 is 0 Å². The summed E-state index contributed by atoms with van der Waals surface area (Å²) < 4.78 is 0. The summed E-state index contributed by atoms with van der Waals surface area (Å²) in [5.41, 5.74) is 16.8. The number of aryl methyl sites for hydroxylation is 1. The Labute approximate surface area is 194 Å². The van der Waals surface area contributed by atoms with Crippen molar-refractivity contribution in [1.29, 1.82) is 0 Å². The summed E-state index contributed by atoms with van der Waals surface area (Å²) in [5.74, 6) is 0.656. The van der Waals surface area contributed by atoms with E-state index in [0.29, 0.717) is 12.4 Å². The van der Waals surface area contributed by atoms with E-state index in [1.807, 2.05) is 49.4 Å². The van der Waals surface area contributed by atoms with Gasteiger partial charge in [-0.05, 0) is 30.2 Å². The van der Waals surface area contributed by atoms with Gasteiger partial charge in [0.05, 0.1) is 11.9 Å². The second kappa shape index (κ2) is 10.7. The number of rotatable bonds is 6. The number of oxime groups is 1. The van der Waals surface area contributed by atoms with Crippen LogP contribution in [0.25, 0.3) is 0 Å². The van der Waals surface area contributed by atoms with E-state index in [2.05, 4.69) is 37.1 Å². The summed E-state index contributed by atoms with van der Waals surface area (Å²) in [7, 11) is 0. The highest BCUT2D eigenvalue weighted by molar-refractivity contribution is 5.85. The molecule has 0 atom stereocenters. The Balaban J connectivity index is 0.00000289. The number of aromatic nitrogens is 2. The molecule has 1 aliphatic heterocycles. The molecule has 1 saturated heterocycles. The highest BCUT2D eigenvalue weighted by atomic mass is 35.5. The van der Waals surface area contributed by atoms with Crippen molar-refractivity contribution in [2.45, 2.75) is 13.5 Å². The average molecular weight is 454 g/mol. The zero-order valence-corrected chi connectivity index (χ0v) is 18.8. The molecule has 4 rings (SSSR count). The van der Waals surface area contributed by atoms with Gasteiger partial charge < -0.3 is 26.1 Å². The fraction of sp³-hybridized carbons (Fsp3) is 0.261. The molecule has 8 nitrogen and oxygen atoms in total. The van der Waals surface area contributed by atoms with Crippen LogP contribution in [-0.4, -0.2) is 42.4 Å². The summed E-state index contributed by atoms with van der Waals surface area (Å²) in [6, 6.07) is 18.3. The molecule has 0 saturated carbocycles. The first-order chi connectivity index (χ1) is 15.1. The van der Waals surface area contributed by atoms with Crippen molar-refractivity contribution in [3.8, 4) is 0 Å². The molecule has 1 fully saturated rings. The molecule has 0 radical (unpaired) electrons. The van der Waals surface area contributed by atoms with Crippen molar-refractivity contribution in [2.24, 2.45) is 5.16 Å². The zero-order valence-electron chi connectivity index (χ0n) is 18.0. The standard InChI is InChI=1S/C23H27N7O.ClH/c1-17-21(22(24)28-23(25)27-17)30-13-11-29(12-14-30)20-9-7-18(8-10-20)15-26-31-16-19-5-3-2-4-6-19;/h2-10,15H,11-14,16H2,1H3,(H4,24,25,27,28);1H. The molecule has 0 spiro atoms. The van der Waals surface area contributed by atoms with Gasteiger partial charge >= 0.3 is 0 Å². The van der Waals surface area contributed by atoms with E-state index >= 15 is 0 Å². The van der Waals surface area contributed by atoms with Crippen molar-refractivity contribution in [3.63, 3.8) is 0 Å². The Morgan fingerprint density at radius 3 is 2.25 bits per heavy atom. The molecular formula is C23H28ClN7O. The van der Waals surface area contributed by atoms with E-state index in [9.17, 15) is 0 Å². The second-order valence-corrected chi connectivity index (χ2v) is 7.46. The Hall–Kier alpha value is -3.52. The van der Waals surface area contributed by atoms with Gasteiger partial charge in [0.25, 0.3) is 0 Å². The van der Waals surface area contributed by atoms with E-state index in [1.165, 1.54) is 5.69 Å². The maximum atomic E-state index is 6.09. The highest BCUT2D eigenvalue weighted by Crippen LogP contribution is 2.27. The van der Waals surface area contributed by atoms with Gasteiger partial charge in [0, 0.05) is 31.9 Å². The third-order valence-electron chi connectivity index (χ3n) is 5.31.